The number of carbonyl (C=O) groups is 1. The van der Waals surface area contributed by atoms with E-state index in [4.69, 9.17) is 19.0 Å². The van der Waals surface area contributed by atoms with E-state index in [2.05, 4.69) is 24.9 Å². The van der Waals surface area contributed by atoms with Gasteiger partial charge in [0.05, 0.1) is 38.9 Å². The third kappa shape index (κ3) is 5.30. The van der Waals surface area contributed by atoms with Crippen LogP contribution in [0.15, 0.2) is 51.0 Å². The summed E-state index contributed by atoms with van der Waals surface area (Å²) >= 11 is 1.24. The van der Waals surface area contributed by atoms with Crippen molar-refractivity contribution >= 4 is 34.3 Å². The minimum absolute atomic E-state index is 0.328. The SMILES string of the molecule is COC(=O)/N=C(\SC)C(=Nc1ccc(-c2noc(C)n2)cc1)c1cc(OC)c(OC)cn1. The van der Waals surface area contributed by atoms with Crippen LogP contribution in [0.3, 0.4) is 0 Å². The number of aryl methyl sites for hydroxylation is 1. The van der Waals surface area contributed by atoms with Crippen LogP contribution in [0, 0.1) is 6.92 Å². The molecule has 10 nitrogen and oxygen atoms in total. The van der Waals surface area contributed by atoms with Gasteiger partial charge in [0, 0.05) is 18.6 Å². The van der Waals surface area contributed by atoms with E-state index in [9.17, 15) is 4.79 Å². The van der Waals surface area contributed by atoms with E-state index in [0.29, 0.717) is 45.4 Å². The Morgan fingerprint density at radius 3 is 2.38 bits per heavy atom. The summed E-state index contributed by atoms with van der Waals surface area (Å²) in [6.07, 6.45) is 2.55. The summed E-state index contributed by atoms with van der Waals surface area (Å²) in [6, 6.07) is 8.88. The van der Waals surface area contributed by atoms with Crippen LogP contribution in [0.2, 0.25) is 0 Å². The van der Waals surface area contributed by atoms with Gasteiger partial charge in [0.15, 0.2) is 11.5 Å². The molecule has 0 spiro atoms. The van der Waals surface area contributed by atoms with E-state index >= 15 is 0 Å². The maximum Gasteiger partial charge on any atom is 0.434 e. The average molecular weight is 455 g/mol. The summed E-state index contributed by atoms with van der Waals surface area (Å²) in [5.41, 5.74) is 2.19. The highest BCUT2D eigenvalue weighted by Crippen LogP contribution is 2.28. The second-order valence-electron chi connectivity index (χ2n) is 6.16. The van der Waals surface area contributed by atoms with Gasteiger partial charge in [-0.2, -0.15) is 9.98 Å². The Morgan fingerprint density at radius 2 is 1.81 bits per heavy atom. The molecule has 0 radical (unpaired) electrons. The zero-order valence-electron chi connectivity index (χ0n) is 18.1. The van der Waals surface area contributed by atoms with Crippen molar-refractivity contribution in [2.45, 2.75) is 6.92 Å². The van der Waals surface area contributed by atoms with Crippen LogP contribution in [0.5, 0.6) is 11.5 Å². The van der Waals surface area contributed by atoms with Gasteiger partial charge in [-0.05, 0) is 30.5 Å². The lowest BCUT2D eigenvalue weighted by molar-refractivity contribution is 0.183. The molecule has 11 heteroatoms. The van der Waals surface area contributed by atoms with Crippen molar-refractivity contribution in [3.05, 3.63) is 48.1 Å². The molecule has 3 rings (SSSR count). The number of hydrogen-bond acceptors (Lipinski definition) is 10. The van der Waals surface area contributed by atoms with E-state index in [0.717, 1.165) is 5.56 Å². The summed E-state index contributed by atoms with van der Waals surface area (Å²) in [7, 11) is 4.30. The Morgan fingerprint density at radius 1 is 1.09 bits per heavy atom. The number of aliphatic imine (C=N–C) groups is 2. The first-order chi connectivity index (χ1) is 15.5. The lowest BCUT2D eigenvalue weighted by Crippen LogP contribution is -2.16. The van der Waals surface area contributed by atoms with Gasteiger partial charge in [-0.25, -0.2) is 9.79 Å². The van der Waals surface area contributed by atoms with Crippen LogP contribution in [0.25, 0.3) is 11.4 Å². The molecular weight excluding hydrogens is 434 g/mol. The third-order valence-corrected chi connectivity index (χ3v) is 4.84. The lowest BCUT2D eigenvalue weighted by Gasteiger charge is -2.11. The molecular formula is C21H21N5O5S. The summed E-state index contributed by atoms with van der Waals surface area (Å²) in [5, 5.41) is 4.24. The van der Waals surface area contributed by atoms with Gasteiger partial charge in [0.1, 0.15) is 10.8 Å². The Bertz CT molecular complexity index is 1160. The molecule has 0 aliphatic carbocycles. The number of ether oxygens (including phenoxy) is 3. The van der Waals surface area contributed by atoms with Crippen molar-refractivity contribution in [3.8, 4) is 22.9 Å². The lowest BCUT2D eigenvalue weighted by atomic mass is 10.2. The molecule has 166 valence electrons. The number of pyridine rings is 1. The minimum atomic E-state index is -0.745. The number of benzene rings is 1. The molecule has 2 aromatic heterocycles. The predicted octanol–water partition coefficient (Wildman–Crippen LogP) is 4.11. The molecule has 0 unspecified atom stereocenters. The topological polar surface area (TPSA) is 121 Å². The fourth-order valence-electron chi connectivity index (χ4n) is 2.64. The van der Waals surface area contributed by atoms with Crippen molar-refractivity contribution in [2.24, 2.45) is 9.98 Å². The highest BCUT2D eigenvalue weighted by Gasteiger charge is 2.18. The van der Waals surface area contributed by atoms with Crippen molar-refractivity contribution in [1.29, 1.82) is 0 Å². The summed E-state index contributed by atoms with van der Waals surface area (Å²) in [5.74, 6) is 1.89. The van der Waals surface area contributed by atoms with Gasteiger partial charge in [-0.1, -0.05) is 5.16 Å². The molecule has 1 amide bonds. The first-order valence-electron chi connectivity index (χ1n) is 9.27. The van der Waals surface area contributed by atoms with Crippen LogP contribution in [-0.2, 0) is 4.74 Å². The fourth-order valence-corrected chi connectivity index (χ4v) is 3.15. The van der Waals surface area contributed by atoms with Crippen LogP contribution >= 0.6 is 11.8 Å². The third-order valence-electron chi connectivity index (χ3n) is 4.17. The number of nitrogens with zero attached hydrogens (tertiary/aromatic N) is 5. The number of thioether (sulfide) groups is 1. The van der Waals surface area contributed by atoms with Gasteiger partial charge < -0.3 is 18.7 Å². The minimum Gasteiger partial charge on any atom is -0.493 e. The molecule has 0 saturated carbocycles. The quantitative estimate of drug-likeness (QED) is 0.399. The number of amides is 1. The Balaban J connectivity index is 2.08. The van der Waals surface area contributed by atoms with Crippen molar-refractivity contribution in [3.63, 3.8) is 0 Å². The second-order valence-corrected chi connectivity index (χ2v) is 6.95. The number of rotatable bonds is 6. The molecule has 0 fully saturated rings. The van der Waals surface area contributed by atoms with Crippen LogP contribution in [0.4, 0.5) is 10.5 Å². The fraction of sp³-hybridized carbons (Fsp3) is 0.238. The number of aromatic nitrogens is 3. The standard InChI is InChI=1S/C21H21N5O5S/c1-12-23-19(26-31-12)13-6-8-14(9-7-13)24-18(20(32-5)25-21(27)30-4)15-10-16(28-2)17(29-3)11-22-15/h6-11H,1-5H3/b24-18?,25-20-. The van der Waals surface area contributed by atoms with E-state index in [-0.39, 0.29) is 0 Å². The normalized spacial score (nSPS) is 11.9. The maximum absolute atomic E-state index is 11.8. The molecule has 3 aromatic rings. The Hall–Kier alpha value is -3.73. The van der Waals surface area contributed by atoms with E-state index < -0.39 is 6.09 Å². The number of methoxy groups -OCH3 is 3. The zero-order valence-corrected chi connectivity index (χ0v) is 19.0. The molecule has 0 aliphatic rings. The summed E-state index contributed by atoms with van der Waals surface area (Å²) in [4.78, 5) is 29.1. The largest absolute Gasteiger partial charge is 0.493 e. The van der Waals surface area contributed by atoms with Gasteiger partial charge in [0.25, 0.3) is 0 Å². The zero-order chi connectivity index (χ0) is 23.1. The van der Waals surface area contributed by atoms with Crippen molar-refractivity contribution in [1.82, 2.24) is 15.1 Å². The molecule has 0 N–H and O–H groups in total. The van der Waals surface area contributed by atoms with Gasteiger partial charge in [-0.3, -0.25) is 4.98 Å². The second kappa shape index (κ2) is 10.5. The molecule has 0 atom stereocenters. The molecule has 2 heterocycles. The smallest absolute Gasteiger partial charge is 0.434 e. The maximum atomic E-state index is 11.8. The van der Waals surface area contributed by atoms with Gasteiger partial charge in [-0.15, -0.1) is 11.8 Å². The van der Waals surface area contributed by atoms with Crippen molar-refractivity contribution < 1.29 is 23.5 Å². The van der Waals surface area contributed by atoms with Crippen LogP contribution < -0.4 is 9.47 Å². The average Bonchev–Trinajstić information content (AvgIpc) is 3.27. The molecule has 0 bridgehead atoms. The molecule has 1 aromatic carbocycles. The highest BCUT2D eigenvalue weighted by molar-refractivity contribution is 8.15. The first kappa shape index (κ1) is 22.9. The van der Waals surface area contributed by atoms with E-state index in [1.165, 1.54) is 39.3 Å². The Kier molecular flexibility index (Phi) is 7.55. The van der Waals surface area contributed by atoms with Crippen LogP contribution in [0.1, 0.15) is 11.6 Å². The Labute approximate surface area is 188 Å². The predicted molar refractivity (Wildman–Crippen MR) is 121 cm³/mol. The summed E-state index contributed by atoms with van der Waals surface area (Å²) in [6.45, 7) is 1.72. The number of hydrogen-bond donors (Lipinski definition) is 0. The molecule has 0 saturated heterocycles. The molecule has 0 aliphatic heterocycles. The molecule has 32 heavy (non-hydrogen) atoms. The van der Waals surface area contributed by atoms with Crippen molar-refractivity contribution in [2.75, 3.05) is 27.6 Å². The van der Waals surface area contributed by atoms with Crippen LogP contribution in [-0.4, -0.2) is 59.6 Å². The number of carbonyl (C=O) groups excluding carboxylic acids is 1. The summed E-state index contributed by atoms with van der Waals surface area (Å²) < 4.78 is 20.3. The van der Waals surface area contributed by atoms with E-state index in [1.54, 1.807) is 31.4 Å². The van der Waals surface area contributed by atoms with E-state index in [1.807, 2.05) is 12.1 Å². The first-order valence-corrected chi connectivity index (χ1v) is 10.5. The van der Waals surface area contributed by atoms with Gasteiger partial charge >= 0.3 is 6.09 Å². The monoisotopic (exact) mass is 455 g/mol. The highest BCUT2D eigenvalue weighted by atomic mass is 32.2. The van der Waals surface area contributed by atoms with Gasteiger partial charge in [0.2, 0.25) is 11.7 Å².